The summed E-state index contributed by atoms with van der Waals surface area (Å²) in [4.78, 5) is 14.2. The van der Waals surface area contributed by atoms with Gasteiger partial charge in [-0.25, -0.2) is 8.42 Å². The van der Waals surface area contributed by atoms with Crippen molar-refractivity contribution in [3.63, 3.8) is 0 Å². The molecule has 0 bridgehead atoms. The smallest absolute Gasteiger partial charge is 0.262 e. The van der Waals surface area contributed by atoms with Gasteiger partial charge >= 0.3 is 0 Å². The summed E-state index contributed by atoms with van der Waals surface area (Å²) in [6, 6.07) is 10.5. The van der Waals surface area contributed by atoms with Crippen LogP contribution in [0.15, 0.2) is 41.3 Å². The summed E-state index contributed by atoms with van der Waals surface area (Å²) in [6.07, 6.45) is 1.63. The van der Waals surface area contributed by atoms with Gasteiger partial charge in [-0.05, 0) is 62.1 Å². The van der Waals surface area contributed by atoms with E-state index >= 15 is 0 Å². The van der Waals surface area contributed by atoms with Crippen molar-refractivity contribution >= 4 is 27.3 Å². The fraction of sp³-hybridized carbons (Fsp3) is 0.350. The second kappa shape index (κ2) is 7.70. The van der Waals surface area contributed by atoms with Crippen LogP contribution in [0.25, 0.3) is 0 Å². The molecule has 1 N–H and O–H groups in total. The fourth-order valence-electron chi connectivity index (χ4n) is 3.43. The molecule has 2 aromatic rings. The molecule has 0 radical (unpaired) electrons. The third-order valence-corrected chi connectivity index (χ3v) is 6.18. The van der Waals surface area contributed by atoms with Gasteiger partial charge in [0.25, 0.3) is 15.9 Å². The molecule has 0 unspecified atom stereocenters. The lowest BCUT2D eigenvalue weighted by Crippen LogP contribution is -2.37. The second-order valence-corrected chi connectivity index (χ2v) is 8.45. The van der Waals surface area contributed by atoms with Crippen LogP contribution >= 0.6 is 0 Å². The summed E-state index contributed by atoms with van der Waals surface area (Å²) in [5, 5.41) is 0. The number of nitrogens with zero attached hydrogens (tertiary/aromatic N) is 1. The van der Waals surface area contributed by atoms with Crippen LogP contribution in [0.2, 0.25) is 0 Å². The van der Waals surface area contributed by atoms with E-state index in [4.69, 9.17) is 4.74 Å². The lowest BCUT2D eigenvalue weighted by Gasteiger charge is -2.29. The Kier molecular flexibility index (Phi) is 5.53. The van der Waals surface area contributed by atoms with Gasteiger partial charge in [-0.2, -0.15) is 0 Å². The van der Waals surface area contributed by atoms with E-state index in [1.807, 2.05) is 19.1 Å². The van der Waals surface area contributed by atoms with Crippen LogP contribution in [0, 0.1) is 13.8 Å². The molecule has 0 aromatic heterocycles. The number of rotatable bonds is 5. The lowest BCUT2D eigenvalue weighted by atomic mass is 10.0. The van der Waals surface area contributed by atoms with Gasteiger partial charge in [-0.3, -0.25) is 9.52 Å². The van der Waals surface area contributed by atoms with Gasteiger partial charge in [-0.15, -0.1) is 0 Å². The molecular formula is C20H24N2O4S. The average Bonchev–Trinajstić information content (AvgIpc) is 2.60. The number of amides is 1. The summed E-state index contributed by atoms with van der Waals surface area (Å²) in [7, 11) is -2.18. The first-order valence-corrected chi connectivity index (χ1v) is 10.3. The molecule has 27 heavy (non-hydrogen) atoms. The fourth-order valence-corrected chi connectivity index (χ4v) is 4.71. The molecule has 144 valence electrons. The number of methoxy groups -OCH3 is 1. The van der Waals surface area contributed by atoms with Gasteiger partial charge in [0, 0.05) is 25.0 Å². The monoisotopic (exact) mass is 388 g/mol. The summed E-state index contributed by atoms with van der Waals surface area (Å²) >= 11 is 0. The van der Waals surface area contributed by atoms with E-state index in [-0.39, 0.29) is 17.4 Å². The second-order valence-electron chi connectivity index (χ2n) is 6.80. The summed E-state index contributed by atoms with van der Waals surface area (Å²) < 4.78 is 33.1. The molecule has 7 heteroatoms. The van der Waals surface area contributed by atoms with Gasteiger partial charge in [0.15, 0.2) is 0 Å². The highest BCUT2D eigenvalue weighted by atomic mass is 32.2. The molecule has 1 aliphatic rings. The van der Waals surface area contributed by atoms with Crippen LogP contribution in [0.4, 0.5) is 11.4 Å². The SMILES string of the molecule is COCC(=O)N1CCCc2cc(NS(=O)(=O)c3ccc(C)cc3C)ccc21. The number of anilines is 2. The normalized spacial score (nSPS) is 14.0. The van der Waals surface area contributed by atoms with Crippen molar-refractivity contribution in [3.8, 4) is 0 Å². The molecule has 0 saturated heterocycles. The van der Waals surface area contributed by atoms with Gasteiger partial charge in [0.1, 0.15) is 6.61 Å². The Labute approximate surface area is 160 Å². The number of fused-ring (bicyclic) bond motifs is 1. The molecule has 0 atom stereocenters. The molecule has 2 aromatic carbocycles. The number of ether oxygens (including phenoxy) is 1. The number of sulfonamides is 1. The standard InChI is InChI=1S/C20H24N2O4S/c1-14-6-9-19(15(2)11-14)27(24,25)21-17-7-8-18-16(12-17)5-4-10-22(18)20(23)13-26-3/h6-9,11-12,21H,4-5,10,13H2,1-3H3. The van der Waals surface area contributed by atoms with Crippen LogP contribution < -0.4 is 9.62 Å². The largest absolute Gasteiger partial charge is 0.375 e. The van der Waals surface area contributed by atoms with E-state index in [1.165, 1.54) is 7.11 Å². The third kappa shape index (κ3) is 4.14. The highest BCUT2D eigenvalue weighted by Crippen LogP contribution is 2.31. The minimum atomic E-state index is -3.68. The summed E-state index contributed by atoms with van der Waals surface area (Å²) in [5.41, 5.74) is 3.98. The topological polar surface area (TPSA) is 75.7 Å². The van der Waals surface area contributed by atoms with Crippen LogP contribution in [-0.4, -0.2) is 34.6 Å². The molecule has 1 amide bonds. The number of hydrogen-bond acceptors (Lipinski definition) is 4. The van der Waals surface area contributed by atoms with Crippen molar-refractivity contribution in [1.82, 2.24) is 0 Å². The molecule has 6 nitrogen and oxygen atoms in total. The number of carbonyl (C=O) groups excluding carboxylic acids is 1. The zero-order chi connectivity index (χ0) is 19.6. The average molecular weight is 388 g/mol. The van der Waals surface area contributed by atoms with E-state index in [0.717, 1.165) is 29.7 Å². The first-order valence-electron chi connectivity index (χ1n) is 8.84. The number of hydrogen-bond donors (Lipinski definition) is 1. The first-order chi connectivity index (χ1) is 12.8. The van der Waals surface area contributed by atoms with Crippen molar-refractivity contribution in [2.75, 3.05) is 29.9 Å². The minimum Gasteiger partial charge on any atom is -0.375 e. The summed E-state index contributed by atoms with van der Waals surface area (Å²) in [5.74, 6) is -0.0953. The highest BCUT2D eigenvalue weighted by molar-refractivity contribution is 7.92. The number of carbonyl (C=O) groups is 1. The number of aryl methyl sites for hydroxylation is 3. The molecule has 1 heterocycles. The number of benzene rings is 2. The van der Waals surface area contributed by atoms with Crippen LogP contribution in [-0.2, 0) is 26.0 Å². The van der Waals surface area contributed by atoms with Crippen molar-refractivity contribution in [2.24, 2.45) is 0 Å². The summed E-state index contributed by atoms with van der Waals surface area (Å²) in [6.45, 7) is 4.38. The molecule has 0 aliphatic carbocycles. The van der Waals surface area contributed by atoms with Crippen molar-refractivity contribution < 1.29 is 17.9 Å². The van der Waals surface area contributed by atoms with Crippen molar-refractivity contribution in [3.05, 3.63) is 53.1 Å². The molecular weight excluding hydrogens is 364 g/mol. The maximum Gasteiger partial charge on any atom is 0.262 e. The van der Waals surface area contributed by atoms with Gasteiger partial charge < -0.3 is 9.64 Å². The Hall–Kier alpha value is -2.38. The maximum absolute atomic E-state index is 12.8. The Morgan fingerprint density at radius 3 is 2.67 bits per heavy atom. The Morgan fingerprint density at radius 2 is 1.96 bits per heavy atom. The quantitative estimate of drug-likeness (QED) is 0.854. The van der Waals surface area contributed by atoms with Gasteiger partial charge in [-0.1, -0.05) is 17.7 Å². The van der Waals surface area contributed by atoms with Gasteiger partial charge in [0.2, 0.25) is 0 Å². The molecule has 0 fully saturated rings. The minimum absolute atomic E-state index is 0.0283. The van der Waals surface area contributed by atoms with Crippen molar-refractivity contribution in [2.45, 2.75) is 31.6 Å². The molecule has 3 rings (SSSR count). The zero-order valence-electron chi connectivity index (χ0n) is 15.8. The van der Waals surface area contributed by atoms with E-state index in [9.17, 15) is 13.2 Å². The molecule has 0 saturated carbocycles. The van der Waals surface area contributed by atoms with Gasteiger partial charge in [0.05, 0.1) is 4.90 Å². The van der Waals surface area contributed by atoms with Crippen LogP contribution in [0.3, 0.4) is 0 Å². The Bertz CT molecular complexity index is 970. The van der Waals surface area contributed by atoms with E-state index in [1.54, 1.807) is 36.1 Å². The predicted octanol–water partition coefficient (Wildman–Crippen LogP) is 3.03. The Balaban J connectivity index is 1.88. The third-order valence-electron chi connectivity index (χ3n) is 4.64. The predicted molar refractivity (Wildman–Crippen MR) is 106 cm³/mol. The zero-order valence-corrected chi connectivity index (χ0v) is 16.6. The van der Waals surface area contributed by atoms with E-state index in [0.29, 0.717) is 17.8 Å². The highest BCUT2D eigenvalue weighted by Gasteiger charge is 2.23. The van der Waals surface area contributed by atoms with E-state index < -0.39 is 10.0 Å². The maximum atomic E-state index is 12.8. The number of nitrogens with one attached hydrogen (secondary N) is 1. The molecule has 1 aliphatic heterocycles. The lowest BCUT2D eigenvalue weighted by molar-refractivity contribution is -0.122. The van der Waals surface area contributed by atoms with Crippen molar-refractivity contribution in [1.29, 1.82) is 0 Å². The van der Waals surface area contributed by atoms with Crippen LogP contribution in [0.1, 0.15) is 23.1 Å². The van der Waals surface area contributed by atoms with Crippen LogP contribution in [0.5, 0.6) is 0 Å². The molecule has 0 spiro atoms. The van der Waals surface area contributed by atoms with E-state index in [2.05, 4.69) is 4.72 Å². The Morgan fingerprint density at radius 1 is 1.19 bits per heavy atom. The first kappa shape index (κ1) is 19.4.